The number of nitrogens with zero attached hydrogens (tertiary/aromatic N) is 3. The van der Waals surface area contributed by atoms with Gasteiger partial charge in [-0.1, -0.05) is 6.07 Å². The highest BCUT2D eigenvalue weighted by molar-refractivity contribution is 5.83. The van der Waals surface area contributed by atoms with Gasteiger partial charge in [0, 0.05) is 56.5 Å². The lowest BCUT2D eigenvalue weighted by molar-refractivity contribution is -0.132. The quantitative estimate of drug-likeness (QED) is 0.917. The SMILES string of the molecule is O=C(NCc1cccnc1)N1CC[C@@]2(C[C@@H]2C(=O)N2CCCC2)C1. The molecule has 2 aliphatic heterocycles. The van der Waals surface area contributed by atoms with Gasteiger partial charge in [-0.25, -0.2) is 4.79 Å². The van der Waals surface area contributed by atoms with Crippen LogP contribution in [0.1, 0.15) is 31.2 Å². The Morgan fingerprint density at radius 2 is 2.08 bits per heavy atom. The molecule has 0 radical (unpaired) electrons. The zero-order valence-corrected chi connectivity index (χ0v) is 13.9. The van der Waals surface area contributed by atoms with Gasteiger partial charge in [-0.05, 0) is 37.3 Å². The minimum atomic E-state index is -0.0324. The van der Waals surface area contributed by atoms with Crippen LogP contribution in [0.4, 0.5) is 4.79 Å². The highest BCUT2D eigenvalue weighted by Gasteiger charge is 2.62. The van der Waals surface area contributed by atoms with E-state index in [9.17, 15) is 9.59 Å². The Morgan fingerprint density at radius 3 is 2.83 bits per heavy atom. The standard InChI is InChI=1S/C18H24N4O2/c23-16(21-7-1-2-8-21)15-10-18(15)5-9-22(13-18)17(24)20-12-14-4-3-6-19-11-14/h3-4,6,11,15H,1-2,5,7-10,12-13H2,(H,20,24)/t15-,18-/m1/s1. The summed E-state index contributed by atoms with van der Waals surface area (Å²) in [7, 11) is 0. The molecule has 4 rings (SSSR count). The van der Waals surface area contributed by atoms with Crippen molar-refractivity contribution in [2.24, 2.45) is 11.3 Å². The summed E-state index contributed by atoms with van der Waals surface area (Å²) in [6.07, 6.45) is 7.66. The Hall–Kier alpha value is -2.11. The predicted octanol–water partition coefficient (Wildman–Crippen LogP) is 1.63. The van der Waals surface area contributed by atoms with Crippen LogP contribution < -0.4 is 5.32 Å². The van der Waals surface area contributed by atoms with Crippen LogP contribution in [0.25, 0.3) is 0 Å². The van der Waals surface area contributed by atoms with E-state index < -0.39 is 0 Å². The highest BCUT2D eigenvalue weighted by Crippen LogP contribution is 2.59. The Labute approximate surface area is 142 Å². The number of hydrogen-bond acceptors (Lipinski definition) is 3. The van der Waals surface area contributed by atoms with Gasteiger partial charge in [0.15, 0.2) is 0 Å². The van der Waals surface area contributed by atoms with Crippen molar-refractivity contribution in [2.75, 3.05) is 26.2 Å². The molecule has 2 saturated heterocycles. The lowest BCUT2D eigenvalue weighted by Crippen LogP contribution is -2.38. The maximum Gasteiger partial charge on any atom is 0.317 e. The summed E-state index contributed by atoms with van der Waals surface area (Å²) < 4.78 is 0. The lowest BCUT2D eigenvalue weighted by atomic mass is 10.0. The molecular formula is C18H24N4O2. The van der Waals surface area contributed by atoms with Crippen LogP contribution in [0.2, 0.25) is 0 Å². The lowest BCUT2D eigenvalue weighted by Gasteiger charge is -2.19. The molecule has 1 aromatic rings. The van der Waals surface area contributed by atoms with Crippen LogP contribution in [-0.4, -0.2) is 52.9 Å². The predicted molar refractivity (Wildman–Crippen MR) is 89.0 cm³/mol. The number of nitrogens with one attached hydrogen (secondary N) is 1. The van der Waals surface area contributed by atoms with Crippen molar-refractivity contribution in [3.8, 4) is 0 Å². The van der Waals surface area contributed by atoms with E-state index in [1.807, 2.05) is 21.9 Å². The van der Waals surface area contributed by atoms with E-state index in [1.165, 1.54) is 0 Å². The third-order valence-corrected chi connectivity index (χ3v) is 5.74. The Balaban J connectivity index is 1.29. The number of carbonyl (C=O) groups is 2. The highest BCUT2D eigenvalue weighted by atomic mass is 16.2. The van der Waals surface area contributed by atoms with Crippen molar-refractivity contribution < 1.29 is 9.59 Å². The van der Waals surface area contributed by atoms with Gasteiger partial charge >= 0.3 is 6.03 Å². The van der Waals surface area contributed by atoms with Crippen LogP contribution in [0, 0.1) is 11.3 Å². The fourth-order valence-corrected chi connectivity index (χ4v) is 4.17. The second kappa shape index (κ2) is 6.07. The molecular weight excluding hydrogens is 304 g/mol. The average Bonchev–Trinajstić information content (AvgIpc) is 2.98. The molecule has 1 aliphatic carbocycles. The third kappa shape index (κ3) is 2.85. The zero-order valence-electron chi connectivity index (χ0n) is 13.9. The Kier molecular flexibility index (Phi) is 3.90. The topological polar surface area (TPSA) is 65.5 Å². The summed E-state index contributed by atoms with van der Waals surface area (Å²) in [6.45, 7) is 3.80. The molecule has 6 heteroatoms. The molecule has 0 unspecified atom stereocenters. The van der Waals surface area contributed by atoms with E-state index in [1.54, 1.807) is 12.4 Å². The molecule has 3 aliphatic rings. The Bertz CT molecular complexity index is 629. The summed E-state index contributed by atoms with van der Waals surface area (Å²) in [5, 5.41) is 2.96. The van der Waals surface area contributed by atoms with Gasteiger partial charge in [0.05, 0.1) is 0 Å². The molecule has 24 heavy (non-hydrogen) atoms. The van der Waals surface area contributed by atoms with E-state index in [4.69, 9.17) is 0 Å². The van der Waals surface area contributed by atoms with E-state index >= 15 is 0 Å². The molecule has 3 fully saturated rings. The largest absolute Gasteiger partial charge is 0.342 e. The molecule has 0 aromatic carbocycles. The van der Waals surface area contributed by atoms with Crippen LogP contribution in [-0.2, 0) is 11.3 Å². The maximum atomic E-state index is 12.6. The summed E-state index contributed by atoms with van der Waals surface area (Å²) in [4.78, 5) is 32.9. The summed E-state index contributed by atoms with van der Waals surface area (Å²) in [6, 6.07) is 3.78. The summed E-state index contributed by atoms with van der Waals surface area (Å²) in [5.74, 6) is 0.469. The van der Waals surface area contributed by atoms with Gasteiger partial charge in [0.1, 0.15) is 0 Å². The van der Waals surface area contributed by atoms with Crippen LogP contribution in [0.3, 0.4) is 0 Å². The average molecular weight is 328 g/mol. The number of hydrogen-bond donors (Lipinski definition) is 1. The second-order valence-corrected chi connectivity index (χ2v) is 7.34. The number of likely N-dealkylation sites (tertiary alicyclic amines) is 2. The van der Waals surface area contributed by atoms with Gasteiger partial charge in [-0.15, -0.1) is 0 Å². The van der Waals surface area contributed by atoms with Crippen molar-refractivity contribution in [3.63, 3.8) is 0 Å². The van der Waals surface area contributed by atoms with Gasteiger partial charge in [0.2, 0.25) is 5.91 Å². The normalized spacial score (nSPS) is 28.4. The molecule has 0 bridgehead atoms. The number of pyridine rings is 1. The first kappa shape index (κ1) is 15.4. The van der Waals surface area contributed by atoms with Gasteiger partial charge < -0.3 is 15.1 Å². The first-order valence-corrected chi connectivity index (χ1v) is 8.88. The molecule has 1 N–H and O–H groups in total. The fourth-order valence-electron chi connectivity index (χ4n) is 4.17. The van der Waals surface area contributed by atoms with Crippen LogP contribution in [0.5, 0.6) is 0 Å². The second-order valence-electron chi connectivity index (χ2n) is 7.34. The molecule has 3 heterocycles. The van der Waals surface area contributed by atoms with E-state index in [0.717, 1.165) is 57.4 Å². The van der Waals surface area contributed by atoms with Crippen LogP contribution >= 0.6 is 0 Å². The first-order chi connectivity index (χ1) is 11.7. The fraction of sp³-hybridized carbons (Fsp3) is 0.611. The number of carbonyl (C=O) groups excluding carboxylic acids is 2. The minimum absolute atomic E-state index is 0.0324. The van der Waals surface area contributed by atoms with Crippen LogP contribution in [0.15, 0.2) is 24.5 Å². The third-order valence-electron chi connectivity index (χ3n) is 5.74. The summed E-state index contributed by atoms with van der Waals surface area (Å²) >= 11 is 0. The Morgan fingerprint density at radius 1 is 1.25 bits per heavy atom. The van der Waals surface area contributed by atoms with Crippen molar-refractivity contribution in [3.05, 3.63) is 30.1 Å². The van der Waals surface area contributed by atoms with Gasteiger partial charge in [0.25, 0.3) is 0 Å². The smallest absolute Gasteiger partial charge is 0.317 e. The van der Waals surface area contributed by atoms with E-state index in [-0.39, 0.29) is 17.4 Å². The molecule has 6 nitrogen and oxygen atoms in total. The van der Waals surface area contributed by atoms with E-state index in [2.05, 4.69) is 10.3 Å². The number of urea groups is 1. The molecule has 1 aromatic heterocycles. The molecule has 128 valence electrons. The molecule has 2 atom stereocenters. The van der Waals surface area contributed by atoms with Crippen molar-refractivity contribution in [1.82, 2.24) is 20.1 Å². The van der Waals surface area contributed by atoms with Gasteiger partial charge in [-0.2, -0.15) is 0 Å². The zero-order chi connectivity index (χ0) is 16.6. The number of rotatable bonds is 3. The van der Waals surface area contributed by atoms with Crippen molar-refractivity contribution >= 4 is 11.9 Å². The number of aromatic nitrogens is 1. The van der Waals surface area contributed by atoms with Crippen molar-refractivity contribution in [2.45, 2.75) is 32.2 Å². The maximum absolute atomic E-state index is 12.6. The van der Waals surface area contributed by atoms with E-state index in [0.29, 0.717) is 12.5 Å². The molecule has 1 saturated carbocycles. The first-order valence-electron chi connectivity index (χ1n) is 8.88. The molecule has 1 spiro atoms. The number of amides is 3. The minimum Gasteiger partial charge on any atom is -0.342 e. The monoisotopic (exact) mass is 328 g/mol. The summed E-state index contributed by atoms with van der Waals surface area (Å²) in [5.41, 5.74) is 1.05. The molecule has 3 amide bonds. The van der Waals surface area contributed by atoms with Gasteiger partial charge in [-0.3, -0.25) is 9.78 Å². The van der Waals surface area contributed by atoms with Crippen molar-refractivity contribution in [1.29, 1.82) is 0 Å².